The minimum Gasteiger partial charge on any atom is -0.312 e. The fourth-order valence-corrected chi connectivity index (χ4v) is 6.35. The van der Waals surface area contributed by atoms with Crippen molar-refractivity contribution in [3.05, 3.63) is 49.7 Å². The molecule has 3 aromatic rings. The van der Waals surface area contributed by atoms with E-state index < -0.39 is 0 Å². The Morgan fingerprint density at radius 2 is 1.96 bits per heavy atom. The predicted octanol–water partition coefficient (Wildman–Crippen LogP) is 6.71. The molecule has 1 amide bonds. The molecule has 2 heterocycles. The molecule has 0 aliphatic heterocycles. The Hall–Kier alpha value is -1.87. The molecule has 0 bridgehead atoms. The highest BCUT2D eigenvalue weighted by Gasteiger charge is 2.23. The Morgan fingerprint density at radius 1 is 1.19 bits per heavy atom. The zero-order chi connectivity index (χ0) is 19.0. The van der Waals surface area contributed by atoms with Crippen molar-refractivity contribution in [1.29, 1.82) is 5.26 Å². The molecule has 0 radical (unpaired) electrons. The molecule has 3 nitrogen and oxygen atoms in total. The molecular formula is C21H19ClN2OS2. The van der Waals surface area contributed by atoms with Crippen molar-refractivity contribution < 1.29 is 4.79 Å². The molecule has 0 saturated carbocycles. The molecule has 0 atom stereocenters. The van der Waals surface area contributed by atoms with Crippen LogP contribution < -0.4 is 5.32 Å². The van der Waals surface area contributed by atoms with Crippen molar-refractivity contribution in [3.8, 4) is 6.07 Å². The number of amides is 1. The van der Waals surface area contributed by atoms with Crippen molar-refractivity contribution in [2.24, 2.45) is 0 Å². The summed E-state index contributed by atoms with van der Waals surface area (Å²) in [6.45, 7) is 2.02. The molecule has 27 heavy (non-hydrogen) atoms. The van der Waals surface area contributed by atoms with Crippen LogP contribution in [0.5, 0.6) is 0 Å². The second-order valence-electron chi connectivity index (χ2n) is 6.93. The monoisotopic (exact) mass is 414 g/mol. The van der Waals surface area contributed by atoms with Crippen molar-refractivity contribution in [3.63, 3.8) is 0 Å². The van der Waals surface area contributed by atoms with E-state index in [2.05, 4.69) is 11.4 Å². The number of anilines is 1. The second-order valence-corrected chi connectivity index (χ2v) is 9.47. The number of aryl methyl sites for hydroxylation is 2. The lowest BCUT2D eigenvalue weighted by molar-refractivity contribution is 0.103. The number of nitrogens with one attached hydrogen (secondary N) is 1. The number of rotatable bonds is 2. The second kappa shape index (κ2) is 7.63. The summed E-state index contributed by atoms with van der Waals surface area (Å²) in [5.74, 6) is -0.232. The van der Waals surface area contributed by atoms with Crippen LogP contribution >= 0.6 is 34.3 Å². The highest BCUT2D eigenvalue weighted by atomic mass is 35.5. The molecule has 0 spiro atoms. The zero-order valence-electron chi connectivity index (χ0n) is 15.0. The van der Waals surface area contributed by atoms with Crippen molar-refractivity contribution >= 4 is 55.3 Å². The summed E-state index contributed by atoms with van der Waals surface area (Å²) in [7, 11) is 0. The summed E-state index contributed by atoms with van der Waals surface area (Å²) in [6.07, 6.45) is 6.61. The normalized spacial score (nSPS) is 14.3. The van der Waals surface area contributed by atoms with Gasteiger partial charge in [0.15, 0.2) is 0 Å². The van der Waals surface area contributed by atoms with Crippen LogP contribution in [0.2, 0.25) is 5.02 Å². The predicted molar refractivity (Wildman–Crippen MR) is 114 cm³/mol. The molecular weight excluding hydrogens is 396 g/mol. The lowest BCUT2D eigenvalue weighted by atomic mass is 9.97. The maximum atomic E-state index is 12.9. The first-order valence-electron chi connectivity index (χ1n) is 9.13. The van der Waals surface area contributed by atoms with E-state index in [1.807, 2.05) is 25.1 Å². The van der Waals surface area contributed by atoms with Gasteiger partial charge in [0.05, 0.1) is 10.6 Å². The number of hydrogen-bond donors (Lipinski definition) is 1. The molecule has 138 valence electrons. The van der Waals surface area contributed by atoms with E-state index in [0.29, 0.717) is 20.5 Å². The van der Waals surface area contributed by atoms with Gasteiger partial charge in [0.2, 0.25) is 0 Å². The number of hydrogen-bond acceptors (Lipinski definition) is 4. The molecule has 4 rings (SSSR count). The van der Waals surface area contributed by atoms with E-state index in [9.17, 15) is 10.1 Å². The average molecular weight is 415 g/mol. The smallest absolute Gasteiger partial charge is 0.267 e. The zero-order valence-corrected chi connectivity index (χ0v) is 17.4. The van der Waals surface area contributed by atoms with Gasteiger partial charge in [-0.25, -0.2) is 0 Å². The molecule has 1 aliphatic carbocycles. The van der Waals surface area contributed by atoms with E-state index in [0.717, 1.165) is 46.9 Å². The van der Waals surface area contributed by atoms with Crippen molar-refractivity contribution in [1.82, 2.24) is 0 Å². The SMILES string of the molecule is Cc1ccc2c(Cl)c(C(=O)Nc3sc4c(c3C#N)CCCCCC4)sc2c1. The molecule has 1 N–H and O–H groups in total. The summed E-state index contributed by atoms with van der Waals surface area (Å²) < 4.78 is 1.00. The highest BCUT2D eigenvalue weighted by Crippen LogP contribution is 2.39. The number of fused-ring (bicyclic) bond motifs is 2. The van der Waals surface area contributed by atoms with Gasteiger partial charge in [-0.2, -0.15) is 5.26 Å². The summed E-state index contributed by atoms with van der Waals surface area (Å²) in [5.41, 5.74) is 2.91. The van der Waals surface area contributed by atoms with E-state index >= 15 is 0 Å². The molecule has 0 unspecified atom stereocenters. The van der Waals surface area contributed by atoms with E-state index in [1.165, 1.54) is 29.1 Å². The summed E-state index contributed by atoms with van der Waals surface area (Å²) in [5, 5.41) is 14.7. The molecule has 6 heteroatoms. The first-order chi connectivity index (χ1) is 13.1. The first kappa shape index (κ1) is 18.5. The van der Waals surface area contributed by atoms with Crippen molar-refractivity contribution in [2.75, 3.05) is 5.32 Å². The Bertz CT molecular complexity index is 1070. The molecule has 1 aliphatic rings. The van der Waals surface area contributed by atoms with Gasteiger partial charge >= 0.3 is 0 Å². The standard InChI is InChI=1S/C21H19ClN2OS2/c1-12-8-9-14-17(10-12)26-19(18(14)22)20(25)24-21-15(11-23)13-6-4-2-3-5-7-16(13)27-21/h8-10H,2-7H2,1H3,(H,24,25). The van der Waals surface area contributed by atoms with Crippen LogP contribution in [0.25, 0.3) is 10.1 Å². The highest BCUT2D eigenvalue weighted by molar-refractivity contribution is 7.22. The Morgan fingerprint density at radius 3 is 2.74 bits per heavy atom. The molecule has 2 aromatic heterocycles. The summed E-state index contributed by atoms with van der Waals surface area (Å²) >= 11 is 9.43. The van der Waals surface area contributed by atoms with Crippen LogP contribution in [-0.2, 0) is 12.8 Å². The maximum absolute atomic E-state index is 12.9. The van der Waals surface area contributed by atoms with Gasteiger partial charge in [0.1, 0.15) is 15.9 Å². The quantitative estimate of drug-likeness (QED) is 0.506. The first-order valence-corrected chi connectivity index (χ1v) is 11.1. The number of nitrogens with zero attached hydrogens (tertiary/aromatic N) is 1. The Kier molecular flexibility index (Phi) is 5.23. The average Bonchev–Trinajstić information content (AvgIpc) is 3.11. The number of nitriles is 1. The third-order valence-electron chi connectivity index (χ3n) is 5.00. The lowest BCUT2D eigenvalue weighted by Gasteiger charge is -2.08. The van der Waals surface area contributed by atoms with Crippen LogP contribution in [0.4, 0.5) is 5.00 Å². The van der Waals surface area contributed by atoms with Crippen molar-refractivity contribution in [2.45, 2.75) is 45.4 Å². The van der Waals surface area contributed by atoms with Gasteiger partial charge in [-0.1, -0.05) is 36.6 Å². The van der Waals surface area contributed by atoms with Crippen LogP contribution in [0.15, 0.2) is 18.2 Å². The summed E-state index contributed by atoms with van der Waals surface area (Å²) in [6, 6.07) is 8.32. The minimum absolute atomic E-state index is 0.232. The molecule has 0 fully saturated rings. The van der Waals surface area contributed by atoms with E-state index in [4.69, 9.17) is 11.6 Å². The van der Waals surface area contributed by atoms with Gasteiger partial charge in [0.25, 0.3) is 5.91 Å². The molecule has 0 saturated heterocycles. The van der Waals surface area contributed by atoms with E-state index in [1.54, 1.807) is 11.3 Å². The number of carbonyl (C=O) groups is 1. The number of halogens is 1. The number of thiophene rings is 2. The largest absolute Gasteiger partial charge is 0.312 e. The number of carbonyl (C=O) groups excluding carboxylic acids is 1. The number of benzene rings is 1. The fraction of sp³-hybridized carbons (Fsp3) is 0.333. The van der Waals surface area contributed by atoms with Crippen LogP contribution in [0, 0.1) is 18.3 Å². The Balaban J connectivity index is 1.68. The Labute approximate surface area is 171 Å². The van der Waals surface area contributed by atoms with Gasteiger partial charge < -0.3 is 5.32 Å². The van der Waals surface area contributed by atoms with Crippen LogP contribution in [0.1, 0.15) is 56.9 Å². The van der Waals surface area contributed by atoms with Gasteiger partial charge in [-0.15, -0.1) is 22.7 Å². The van der Waals surface area contributed by atoms with Gasteiger partial charge in [0, 0.05) is 15.0 Å². The van der Waals surface area contributed by atoms with Crippen LogP contribution in [-0.4, -0.2) is 5.91 Å². The minimum atomic E-state index is -0.232. The van der Waals surface area contributed by atoms with Gasteiger partial charge in [-0.3, -0.25) is 4.79 Å². The van der Waals surface area contributed by atoms with Crippen LogP contribution in [0.3, 0.4) is 0 Å². The topological polar surface area (TPSA) is 52.9 Å². The maximum Gasteiger partial charge on any atom is 0.267 e. The fourth-order valence-electron chi connectivity index (χ4n) is 3.60. The van der Waals surface area contributed by atoms with Gasteiger partial charge in [-0.05, 0) is 49.8 Å². The summed E-state index contributed by atoms with van der Waals surface area (Å²) in [4.78, 5) is 14.7. The third-order valence-corrected chi connectivity index (χ3v) is 7.86. The van der Waals surface area contributed by atoms with E-state index in [-0.39, 0.29) is 5.91 Å². The third kappa shape index (κ3) is 3.50. The molecule has 1 aromatic carbocycles. The lowest BCUT2D eigenvalue weighted by Crippen LogP contribution is -2.10.